The number of anilines is 1. The Labute approximate surface area is 168 Å². The second-order valence-corrected chi connectivity index (χ2v) is 6.50. The summed E-state index contributed by atoms with van der Waals surface area (Å²) in [7, 11) is 4.57. The predicted molar refractivity (Wildman–Crippen MR) is 109 cm³/mol. The van der Waals surface area contributed by atoms with E-state index < -0.39 is 0 Å². The summed E-state index contributed by atoms with van der Waals surface area (Å²) >= 11 is 0. The molecular weight excluding hydrogens is 374 g/mol. The molecule has 2 amide bonds. The number of methoxy groups -OCH3 is 3. The van der Waals surface area contributed by atoms with Crippen LogP contribution >= 0.6 is 0 Å². The molecule has 29 heavy (non-hydrogen) atoms. The summed E-state index contributed by atoms with van der Waals surface area (Å²) in [4.78, 5) is 24.0. The molecular formula is C21H23N3O5. The molecule has 0 spiro atoms. The van der Waals surface area contributed by atoms with Crippen LogP contribution in [-0.4, -0.2) is 39.4 Å². The first-order chi connectivity index (χ1) is 14.0. The van der Waals surface area contributed by atoms with Gasteiger partial charge in [-0.3, -0.25) is 9.59 Å². The maximum Gasteiger partial charge on any atom is 0.271 e. The molecule has 1 saturated carbocycles. The van der Waals surface area contributed by atoms with Crippen LogP contribution < -0.4 is 25.0 Å². The fourth-order valence-electron chi connectivity index (χ4n) is 2.70. The summed E-state index contributed by atoms with van der Waals surface area (Å²) in [6, 6.07) is 10.1. The van der Waals surface area contributed by atoms with Gasteiger partial charge in [0.2, 0.25) is 11.7 Å². The number of carbonyl (C=O) groups excluding carboxylic acids is 2. The Hall–Kier alpha value is -3.55. The molecule has 0 bridgehead atoms. The molecule has 0 aromatic heterocycles. The number of carbonyl (C=O) groups is 2. The molecule has 0 saturated heterocycles. The Morgan fingerprint density at radius 3 is 2.14 bits per heavy atom. The average molecular weight is 397 g/mol. The number of hydrogen-bond acceptors (Lipinski definition) is 6. The lowest BCUT2D eigenvalue weighted by molar-refractivity contribution is -0.117. The van der Waals surface area contributed by atoms with Gasteiger partial charge in [-0.25, -0.2) is 5.43 Å². The first-order valence-corrected chi connectivity index (χ1v) is 9.10. The minimum Gasteiger partial charge on any atom is -0.493 e. The van der Waals surface area contributed by atoms with E-state index >= 15 is 0 Å². The van der Waals surface area contributed by atoms with Crippen LogP contribution in [0, 0.1) is 5.92 Å². The number of hydrazone groups is 1. The summed E-state index contributed by atoms with van der Waals surface area (Å²) in [5.74, 6) is 1.24. The van der Waals surface area contributed by atoms with E-state index in [9.17, 15) is 9.59 Å². The minimum atomic E-state index is -0.367. The van der Waals surface area contributed by atoms with Crippen molar-refractivity contribution < 1.29 is 23.8 Å². The van der Waals surface area contributed by atoms with Gasteiger partial charge in [-0.1, -0.05) is 0 Å². The van der Waals surface area contributed by atoms with E-state index in [1.54, 1.807) is 36.4 Å². The Morgan fingerprint density at radius 1 is 1.00 bits per heavy atom. The number of nitrogens with one attached hydrogen (secondary N) is 2. The van der Waals surface area contributed by atoms with Crippen LogP contribution in [0.25, 0.3) is 0 Å². The molecule has 152 valence electrons. The van der Waals surface area contributed by atoms with Crippen LogP contribution in [0.15, 0.2) is 41.5 Å². The zero-order valence-electron chi connectivity index (χ0n) is 16.5. The normalized spacial score (nSPS) is 13.1. The van der Waals surface area contributed by atoms with Gasteiger partial charge in [-0.2, -0.15) is 5.10 Å². The lowest BCUT2D eigenvalue weighted by atomic mass is 10.2. The van der Waals surface area contributed by atoms with Crippen LogP contribution in [0.2, 0.25) is 0 Å². The first kappa shape index (κ1) is 20.2. The molecule has 0 atom stereocenters. The van der Waals surface area contributed by atoms with Crippen LogP contribution in [0.3, 0.4) is 0 Å². The monoisotopic (exact) mass is 397 g/mol. The highest BCUT2D eigenvalue weighted by Gasteiger charge is 2.29. The third kappa shape index (κ3) is 5.04. The number of ether oxygens (including phenoxy) is 3. The van der Waals surface area contributed by atoms with Gasteiger partial charge in [-0.15, -0.1) is 0 Å². The maximum atomic E-state index is 12.3. The topological polar surface area (TPSA) is 98.2 Å². The molecule has 0 heterocycles. The smallest absolute Gasteiger partial charge is 0.271 e. The molecule has 8 heteroatoms. The van der Waals surface area contributed by atoms with E-state index in [1.165, 1.54) is 27.5 Å². The van der Waals surface area contributed by atoms with Gasteiger partial charge in [0, 0.05) is 22.7 Å². The van der Waals surface area contributed by atoms with Gasteiger partial charge >= 0.3 is 0 Å². The van der Waals surface area contributed by atoms with Crippen molar-refractivity contribution in [1.29, 1.82) is 0 Å². The molecule has 1 fully saturated rings. The highest BCUT2D eigenvalue weighted by Crippen LogP contribution is 2.37. The quantitative estimate of drug-likeness (QED) is 0.527. The summed E-state index contributed by atoms with van der Waals surface area (Å²) in [5.41, 5.74) is 4.23. The standard InChI is InChI=1S/C21H23N3O5/c1-27-17-10-13(11-18(28-2)19(17)29-3)12-22-24-21(26)15-6-8-16(9-7-15)23-20(25)14-4-5-14/h6-12,14H,4-5H2,1-3H3,(H,23,25)(H,24,26)/b22-12+. The number of nitrogens with zero attached hydrogens (tertiary/aromatic N) is 1. The zero-order valence-corrected chi connectivity index (χ0v) is 16.5. The van der Waals surface area contributed by atoms with E-state index in [-0.39, 0.29) is 17.7 Å². The van der Waals surface area contributed by atoms with E-state index in [1.807, 2.05) is 0 Å². The summed E-state index contributed by atoms with van der Waals surface area (Å²) in [6.45, 7) is 0. The Kier molecular flexibility index (Phi) is 6.33. The van der Waals surface area contributed by atoms with E-state index in [0.29, 0.717) is 34.1 Å². The summed E-state index contributed by atoms with van der Waals surface area (Å²) < 4.78 is 15.9. The van der Waals surface area contributed by atoms with Gasteiger partial charge in [0.15, 0.2) is 11.5 Å². The number of amides is 2. The average Bonchev–Trinajstić information content (AvgIpc) is 3.59. The summed E-state index contributed by atoms with van der Waals surface area (Å²) in [6.07, 6.45) is 3.36. The van der Waals surface area contributed by atoms with Gasteiger partial charge < -0.3 is 19.5 Å². The van der Waals surface area contributed by atoms with Gasteiger partial charge in [-0.05, 0) is 49.2 Å². The molecule has 0 radical (unpaired) electrons. The fourth-order valence-corrected chi connectivity index (χ4v) is 2.70. The lowest BCUT2D eigenvalue weighted by Gasteiger charge is -2.12. The van der Waals surface area contributed by atoms with Crippen LogP contribution in [0.1, 0.15) is 28.8 Å². The van der Waals surface area contributed by atoms with Crippen molar-refractivity contribution in [2.24, 2.45) is 11.0 Å². The maximum absolute atomic E-state index is 12.3. The Morgan fingerprint density at radius 2 is 1.62 bits per heavy atom. The molecule has 3 rings (SSSR count). The minimum absolute atomic E-state index is 0.0251. The third-order valence-corrected chi connectivity index (χ3v) is 4.43. The van der Waals surface area contributed by atoms with Gasteiger partial charge in [0.1, 0.15) is 0 Å². The highest BCUT2D eigenvalue weighted by atomic mass is 16.5. The van der Waals surface area contributed by atoms with Crippen LogP contribution in [0.5, 0.6) is 17.2 Å². The van der Waals surface area contributed by atoms with Crippen molar-refractivity contribution >= 4 is 23.7 Å². The van der Waals surface area contributed by atoms with Crippen molar-refractivity contribution in [3.05, 3.63) is 47.5 Å². The largest absolute Gasteiger partial charge is 0.493 e. The SMILES string of the molecule is COc1cc(/C=N/NC(=O)c2ccc(NC(=O)C3CC3)cc2)cc(OC)c1OC. The molecule has 2 N–H and O–H groups in total. The first-order valence-electron chi connectivity index (χ1n) is 9.10. The molecule has 0 aliphatic heterocycles. The molecule has 0 unspecified atom stereocenters. The van der Waals surface area contributed by atoms with Crippen molar-refractivity contribution in [3.63, 3.8) is 0 Å². The second kappa shape index (κ2) is 9.09. The fraction of sp³-hybridized carbons (Fsp3) is 0.286. The highest BCUT2D eigenvalue weighted by molar-refractivity contribution is 5.97. The van der Waals surface area contributed by atoms with E-state index in [0.717, 1.165) is 12.8 Å². The number of rotatable bonds is 8. The number of hydrogen-bond donors (Lipinski definition) is 2. The molecule has 8 nitrogen and oxygen atoms in total. The van der Waals surface area contributed by atoms with Crippen molar-refractivity contribution in [3.8, 4) is 17.2 Å². The van der Waals surface area contributed by atoms with Crippen molar-refractivity contribution in [2.75, 3.05) is 26.6 Å². The van der Waals surface area contributed by atoms with Gasteiger partial charge in [0.05, 0.1) is 27.5 Å². The van der Waals surface area contributed by atoms with Crippen molar-refractivity contribution in [1.82, 2.24) is 5.43 Å². The third-order valence-electron chi connectivity index (χ3n) is 4.43. The Bertz CT molecular complexity index is 895. The van der Waals surface area contributed by atoms with E-state index in [4.69, 9.17) is 14.2 Å². The number of benzene rings is 2. The molecule has 2 aromatic carbocycles. The van der Waals surface area contributed by atoms with Crippen molar-refractivity contribution in [2.45, 2.75) is 12.8 Å². The Balaban J connectivity index is 1.62. The lowest BCUT2D eigenvalue weighted by Crippen LogP contribution is -2.18. The molecule has 1 aliphatic rings. The molecule has 1 aliphatic carbocycles. The van der Waals surface area contributed by atoms with E-state index in [2.05, 4.69) is 15.8 Å². The predicted octanol–water partition coefficient (Wildman–Crippen LogP) is 2.82. The van der Waals surface area contributed by atoms with Crippen LogP contribution in [0.4, 0.5) is 5.69 Å². The zero-order chi connectivity index (χ0) is 20.8. The second-order valence-electron chi connectivity index (χ2n) is 6.50. The van der Waals surface area contributed by atoms with Crippen LogP contribution in [-0.2, 0) is 4.79 Å². The van der Waals surface area contributed by atoms with Gasteiger partial charge in [0.25, 0.3) is 5.91 Å². The molecule has 2 aromatic rings. The summed E-state index contributed by atoms with van der Waals surface area (Å²) in [5, 5.41) is 6.81.